The van der Waals surface area contributed by atoms with E-state index < -0.39 is 0 Å². The minimum absolute atomic E-state index is 0.328. The van der Waals surface area contributed by atoms with E-state index in [4.69, 9.17) is 4.74 Å². The van der Waals surface area contributed by atoms with Gasteiger partial charge in [-0.25, -0.2) is 0 Å². The van der Waals surface area contributed by atoms with Crippen molar-refractivity contribution in [3.63, 3.8) is 0 Å². The van der Waals surface area contributed by atoms with Crippen molar-refractivity contribution >= 4 is 0 Å². The van der Waals surface area contributed by atoms with Gasteiger partial charge in [0, 0.05) is 11.8 Å². The molecule has 1 heteroatoms. The van der Waals surface area contributed by atoms with Crippen molar-refractivity contribution in [1.29, 1.82) is 0 Å². The maximum absolute atomic E-state index is 7.38. The highest BCUT2D eigenvalue weighted by atomic mass is 16.5. The molecular formula is C27H22O. The lowest BCUT2D eigenvalue weighted by Gasteiger charge is -2.56. The monoisotopic (exact) mass is 362 g/mol. The molecule has 1 saturated carbocycles. The quantitative estimate of drug-likeness (QED) is 0.422. The Balaban J connectivity index is 1.58. The van der Waals surface area contributed by atoms with E-state index in [-0.39, 0.29) is 11.2 Å². The summed E-state index contributed by atoms with van der Waals surface area (Å²) in [6, 6.07) is 30.9. The Bertz CT molecular complexity index is 1100. The Hall–Kier alpha value is -2.64. The van der Waals surface area contributed by atoms with Crippen LogP contribution in [-0.4, -0.2) is 0 Å². The van der Waals surface area contributed by atoms with Crippen LogP contribution in [0.15, 0.2) is 97.1 Å². The Morgan fingerprint density at radius 1 is 0.643 bits per heavy atom. The summed E-state index contributed by atoms with van der Waals surface area (Å²) in [5.41, 5.74) is 4.73. The van der Waals surface area contributed by atoms with Crippen LogP contribution in [0.1, 0.15) is 28.7 Å². The van der Waals surface area contributed by atoms with Crippen LogP contribution in [-0.2, 0) is 15.9 Å². The molecule has 7 rings (SSSR count). The second-order valence-corrected chi connectivity index (χ2v) is 8.81. The molecule has 0 aromatic heterocycles. The fraction of sp³-hybridized carbons (Fsp3) is 0.259. The lowest BCUT2D eigenvalue weighted by atomic mass is 9.44. The van der Waals surface area contributed by atoms with Gasteiger partial charge in [0.25, 0.3) is 0 Å². The van der Waals surface area contributed by atoms with Crippen LogP contribution in [0.5, 0.6) is 0 Å². The van der Waals surface area contributed by atoms with Crippen molar-refractivity contribution in [1.82, 2.24) is 0 Å². The predicted octanol–water partition coefficient (Wildman–Crippen LogP) is 5.66. The summed E-state index contributed by atoms with van der Waals surface area (Å²) in [5.74, 6) is 2.37. The second kappa shape index (κ2) is 5.04. The molecule has 2 heterocycles. The molecule has 3 aromatic rings. The second-order valence-electron chi connectivity index (χ2n) is 8.81. The van der Waals surface area contributed by atoms with E-state index in [1.165, 1.54) is 28.7 Å². The van der Waals surface area contributed by atoms with Gasteiger partial charge in [-0.2, -0.15) is 0 Å². The topological polar surface area (TPSA) is 9.23 Å². The van der Waals surface area contributed by atoms with Gasteiger partial charge in [0.15, 0.2) is 0 Å². The lowest BCUT2D eigenvalue weighted by molar-refractivity contribution is -0.0530. The molecule has 4 aliphatic rings. The summed E-state index contributed by atoms with van der Waals surface area (Å²) in [5, 5.41) is 0. The first kappa shape index (κ1) is 15.3. The molecule has 136 valence electrons. The molecule has 1 nitrogen and oxygen atoms in total. The van der Waals surface area contributed by atoms with E-state index in [0.717, 1.165) is 0 Å². The van der Waals surface area contributed by atoms with Gasteiger partial charge < -0.3 is 4.74 Å². The van der Waals surface area contributed by atoms with Crippen molar-refractivity contribution in [3.8, 4) is 0 Å². The third-order valence-corrected chi connectivity index (χ3v) is 7.92. The smallest absolute Gasteiger partial charge is 0.124 e. The number of benzene rings is 3. The van der Waals surface area contributed by atoms with E-state index in [2.05, 4.69) is 97.1 Å². The first-order valence-corrected chi connectivity index (χ1v) is 10.5. The summed E-state index contributed by atoms with van der Waals surface area (Å²) in [7, 11) is 0. The van der Waals surface area contributed by atoms with E-state index in [1.807, 2.05) is 0 Å². The zero-order chi connectivity index (χ0) is 18.3. The molecule has 1 saturated heterocycles. The molecular weight excluding hydrogens is 340 g/mol. The van der Waals surface area contributed by atoms with E-state index in [1.54, 1.807) is 0 Å². The van der Waals surface area contributed by atoms with Crippen molar-refractivity contribution in [2.24, 2.45) is 23.7 Å². The number of ether oxygens (including phenoxy) is 1. The fourth-order valence-electron chi connectivity index (χ4n) is 7.08. The predicted molar refractivity (Wildman–Crippen MR) is 110 cm³/mol. The number of allylic oxidation sites excluding steroid dienone is 2. The van der Waals surface area contributed by atoms with Crippen LogP contribution in [0.25, 0.3) is 0 Å². The average Bonchev–Trinajstić information content (AvgIpc) is 3.38. The summed E-state index contributed by atoms with van der Waals surface area (Å²) >= 11 is 0. The van der Waals surface area contributed by atoms with Crippen molar-refractivity contribution in [3.05, 3.63) is 119 Å². The number of hydrogen-bond acceptors (Lipinski definition) is 1. The molecule has 2 bridgehead atoms. The van der Waals surface area contributed by atoms with Gasteiger partial charge in [0.2, 0.25) is 0 Å². The zero-order valence-corrected chi connectivity index (χ0v) is 15.7. The van der Waals surface area contributed by atoms with Crippen LogP contribution >= 0.6 is 0 Å². The molecule has 2 aliphatic heterocycles. The molecule has 0 N–H and O–H groups in total. The van der Waals surface area contributed by atoms with Gasteiger partial charge in [-0.05, 0) is 40.5 Å². The highest BCUT2D eigenvalue weighted by Crippen LogP contribution is 2.78. The Morgan fingerprint density at radius 2 is 1.18 bits per heavy atom. The van der Waals surface area contributed by atoms with Crippen LogP contribution in [0.3, 0.4) is 0 Å². The van der Waals surface area contributed by atoms with Crippen molar-refractivity contribution in [2.45, 2.75) is 17.6 Å². The van der Waals surface area contributed by atoms with Gasteiger partial charge >= 0.3 is 0 Å². The standard InChI is InChI=1S/C27H22O/c1-3-10-18(11-4-1)26-22-16-7-8-17-23(22)27(28-26,19-12-5-2-6-13-19)25-21-15-9-14-20(21)24(25)26/h1-14,16-17,20-21,24-25H,15H2/t20-,21+,24-,25-,26+,27+/m1/s1. The number of rotatable bonds is 2. The molecule has 0 amide bonds. The summed E-state index contributed by atoms with van der Waals surface area (Å²) in [6.45, 7) is 0. The third-order valence-electron chi connectivity index (χ3n) is 7.92. The third kappa shape index (κ3) is 1.50. The van der Waals surface area contributed by atoms with E-state index in [9.17, 15) is 0 Å². The van der Waals surface area contributed by atoms with E-state index in [0.29, 0.717) is 23.7 Å². The van der Waals surface area contributed by atoms with Gasteiger partial charge in [-0.15, -0.1) is 0 Å². The normalized spacial score (nSPS) is 38.6. The minimum Gasteiger partial charge on any atom is -0.349 e. The molecule has 6 atom stereocenters. The minimum atomic E-state index is -0.339. The first-order chi connectivity index (χ1) is 13.9. The molecule has 2 aliphatic carbocycles. The largest absolute Gasteiger partial charge is 0.349 e. The maximum Gasteiger partial charge on any atom is 0.124 e. The van der Waals surface area contributed by atoms with Crippen molar-refractivity contribution in [2.75, 3.05) is 0 Å². The zero-order valence-electron chi connectivity index (χ0n) is 15.7. The molecule has 0 spiro atoms. The van der Waals surface area contributed by atoms with Crippen LogP contribution in [0, 0.1) is 23.7 Å². The van der Waals surface area contributed by atoms with Gasteiger partial charge in [-0.3, -0.25) is 0 Å². The first-order valence-electron chi connectivity index (χ1n) is 10.5. The summed E-state index contributed by atoms with van der Waals surface area (Å²) < 4.78 is 7.38. The Labute approximate surface area is 165 Å². The summed E-state index contributed by atoms with van der Waals surface area (Å²) in [6.07, 6.45) is 6.08. The number of fused-ring (bicyclic) bond motifs is 11. The van der Waals surface area contributed by atoms with Gasteiger partial charge in [-0.1, -0.05) is 97.1 Å². The van der Waals surface area contributed by atoms with Crippen LogP contribution < -0.4 is 0 Å². The van der Waals surface area contributed by atoms with Crippen LogP contribution in [0.4, 0.5) is 0 Å². The molecule has 2 fully saturated rings. The lowest BCUT2D eigenvalue weighted by Crippen LogP contribution is -2.56. The highest BCUT2D eigenvalue weighted by Gasteiger charge is 2.78. The molecule has 3 aromatic carbocycles. The Kier molecular flexibility index (Phi) is 2.75. The van der Waals surface area contributed by atoms with Gasteiger partial charge in [0.1, 0.15) is 11.2 Å². The summed E-state index contributed by atoms with van der Waals surface area (Å²) in [4.78, 5) is 0. The van der Waals surface area contributed by atoms with Gasteiger partial charge in [0.05, 0.1) is 0 Å². The average molecular weight is 362 g/mol. The molecule has 0 unspecified atom stereocenters. The Morgan fingerprint density at radius 3 is 1.79 bits per heavy atom. The van der Waals surface area contributed by atoms with Crippen LogP contribution in [0.2, 0.25) is 0 Å². The maximum atomic E-state index is 7.38. The molecule has 28 heavy (non-hydrogen) atoms. The fourth-order valence-corrected chi connectivity index (χ4v) is 7.08. The number of hydrogen-bond donors (Lipinski definition) is 0. The van der Waals surface area contributed by atoms with Crippen molar-refractivity contribution < 1.29 is 4.74 Å². The SMILES string of the molecule is C1=C[C@@H]2[C@H](C1)[C@@H]1[C@@H]2[C@@]2(c3ccccc3)O[C@@]1(c1ccccc1)c1ccccc12. The molecule has 0 radical (unpaired) electrons. The van der Waals surface area contributed by atoms with E-state index >= 15 is 0 Å². The highest BCUT2D eigenvalue weighted by molar-refractivity contribution is 5.59.